The zero-order valence-corrected chi connectivity index (χ0v) is 18.8. The first-order chi connectivity index (χ1) is 15.0. The van der Waals surface area contributed by atoms with Gasteiger partial charge >= 0.3 is 0 Å². The lowest BCUT2D eigenvalue weighted by Gasteiger charge is -2.08. The van der Waals surface area contributed by atoms with Crippen LogP contribution in [0.2, 0.25) is 5.02 Å². The van der Waals surface area contributed by atoms with E-state index in [0.717, 1.165) is 32.8 Å². The Morgan fingerprint density at radius 2 is 1.81 bits per heavy atom. The Morgan fingerprint density at radius 3 is 2.58 bits per heavy atom. The van der Waals surface area contributed by atoms with Gasteiger partial charge in [0.25, 0.3) is 5.91 Å². The molecule has 2 amide bonds. The molecule has 1 aliphatic carbocycles. The van der Waals surface area contributed by atoms with Crippen molar-refractivity contribution in [3.05, 3.63) is 69.2 Å². The van der Waals surface area contributed by atoms with Gasteiger partial charge in [0, 0.05) is 15.5 Å². The van der Waals surface area contributed by atoms with Gasteiger partial charge in [-0.2, -0.15) is 0 Å². The van der Waals surface area contributed by atoms with Gasteiger partial charge in [0.15, 0.2) is 10.3 Å². The molecule has 0 aliphatic heterocycles. The monoisotopic (exact) mass is 468 g/mol. The molecule has 2 aromatic heterocycles. The van der Waals surface area contributed by atoms with E-state index in [9.17, 15) is 9.59 Å². The maximum Gasteiger partial charge on any atom is 0.257 e. The van der Waals surface area contributed by atoms with E-state index in [2.05, 4.69) is 20.6 Å². The second-order valence-electron chi connectivity index (χ2n) is 7.31. The van der Waals surface area contributed by atoms with Gasteiger partial charge in [-0.25, -0.2) is 9.97 Å². The Balaban J connectivity index is 1.31. The van der Waals surface area contributed by atoms with Crippen molar-refractivity contribution in [2.24, 2.45) is 0 Å². The van der Waals surface area contributed by atoms with Gasteiger partial charge in [-0.1, -0.05) is 35.1 Å². The molecule has 0 radical (unpaired) electrons. The number of para-hydroxylation sites is 1. The number of halogens is 1. The lowest BCUT2D eigenvalue weighted by Crippen LogP contribution is -2.20. The molecule has 6 nitrogen and oxygen atoms in total. The van der Waals surface area contributed by atoms with Crippen LogP contribution in [0.3, 0.4) is 0 Å². The van der Waals surface area contributed by atoms with Crippen LogP contribution in [0.1, 0.15) is 38.8 Å². The third kappa shape index (κ3) is 3.94. The fourth-order valence-electron chi connectivity index (χ4n) is 3.64. The number of fused-ring (bicyclic) bond motifs is 2. The summed E-state index contributed by atoms with van der Waals surface area (Å²) in [7, 11) is 0. The number of carbonyl (C=O) groups excluding carboxylic acids is 2. The number of nitrogens with zero attached hydrogens (tertiary/aromatic N) is 2. The fourth-order valence-corrected chi connectivity index (χ4v) is 5.74. The molecule has 0 saturated heterocycles. The van der Waals surface area contributed by atoms with E-state index in [1.807, 2.05) is 25.1 Å². The summed E-state index contributed by atoms with van der Waals surface area (Å²) in [6.45, 7) is 2.01. The molecular weight excluding hydrogens is 452 g/mol. The number of benzene rings is 2. The van der Waals surface area contributed by atoms with Gasteiger partial charge in [-0.15, -0.1) is 11.3 Å². The molecule has 31 heavy (non-hydrogen) atoms. The van der Waals surface area contributed by atoms with Crippen LogP contribution < -0.4 is 10.6 Å². The number of nitrogens with one attached hydrogen (secondary N) is 2. The topological polar surface area (TPSA) is 84.0 Å². The highest BCUT2D eigenvalue weighted by Gasteiger charge is 2.33. The first kappa shape index (κ1) is 20.1. The average Bonchev–Trinajstić information content (AvgIpc) is 3.42. The van der Waals surface area contributed by atoms with Crippen molar-refractivity contribution in [1.29, 1.82) is 0 Å². The second kappa shape index (κ2) is 8.03. The smallest absolute Gasteiger partial charge is 0.257 e. The van der Waals surface area contributed by atoms with E-state index in [1.165, 1.54) is 22.7 Å². The van der Waals surface area contributed by atoms with Crippen molar-refractivity contribution in [2.75, 3.05) is 10.6 Å². The van der Waals surface area contributed by atoms with Crippen LogP contribution in [0.4, 0.5) is 10.3 Å². The van der Waals surface area contributed by atoms with Gasteiger partial charge < -0.3 is 5.32 Å². The zero-order chi connectivity index (χ0) is 21.5. The largest absolute Gasteiger partial charge is 0.301 e. The number of hydrogen-bond acceptors (Lipinski definition) is 6. The number of amides is 2. The highest BCUT2D eigenvalue weighted by Crippen LogP contribution is 2.39. The highest BCUT2D eigenvalue weighted by molar-refractivity contribution is 7.22. The quantitative estimate of drug-likeness (QED) is 0.406. The lowest BCUT2D eigenvalue weighted by atomic mass is 10.1. The van der Waals surface area contributed by atoms with Crippen molar-refractivity contribution in [3.8, 4) is 0 Å². The summed E-state index contributed by atoms with van der Waals surface area (Å²) in [6, 6.07) is 12.7. The Morgan fingerprint density at radius 1 is 1.03 bits per heavy atom. The second-order valence-corrected chi connectivity index (χ2v) is 9.86. The number of aryl methyl sites for hydroxylation is 2. The van der Waals surface area contributed by atoms with E-state index < -0.39 is 0 Å². The summed E-state index contributed by atoms with van der Waals surface area (Å²) < 4.78 is 1.04. The first-order valence-electron chi connectivity index (χ1n) is 9.71. The molecule has 4 aromatic rings. The van der Waals surface area contributed by atoms with Crippen LogP contribution >= 0.6 is 34.3 Å². The maximum atomic E-state index is 12.9. The van der Waals surface area contributed by atoms with Gasteiger partial charge in [0.1, 0.15) is 0 Å². The van der Waals surface area contributed by atoms with Crippen LogP contribution in [0.5, 0.6) is 0 Å². The molecule has 1 atom stereocenters. The number of carbonyl (C=O) groups is 2. The summed E-state index contributed by atoms with van der Waals surface area (Å²) >= 11 is 8.76. The average molecular weight is 469 g/mol. The van der Waals surface area contributed by atoms with E-state index >= 15 is 0 Å². The van der Waals surface area contributed by atoms with Gasteiger partial charge in [-0.3, -0.25) is 14.9 Å². The van der Waals surface area contributed by atoms with Crippen LogP contribution in [0.15, 0.2) is 42.5 Å². The summed E-state index contributed by atoms with van der Waals surface area (Å²) in [4.78, 5) is 35.6. The van der Waals surface area contributed by atoms with Crippen molar-refractivity contribution < 1.29 is 9.59 Å². The summed E-state index contributed by atoms with van der Waals surface area (Å²) in [5.41, 5.74) is 3.24. The molecule has 156 valence electrons. The fraction of sp³-hybridized carbons (Fsp3) is 0.182. The molecule has 9 heteroatoms. The maximum absolute atomic E-state index is 12.9. The van der Waals surface area contributed by atoms with Crippen molar-refractivity contribution in [2.45, 2.75) is 25.7 Å². The summed E-state index contributed by atoms with van der Waals surface area (Å²) in [5.74, 6) is -0.716. The van der Waals surface area contributed by atoms with Crippen molar-refractivity contribution in [1.82, 2.24) is 9.97 Å². The number of anilines is 2. The molecule has 1 unspecified atom stereocenters. The SMILES string of the molecule is Cc1cccc2sc(NC(=O)C3CCc4sc(NC(=O)c5ccc(Cl)cc5)nc43)nc12. The van der Waals surface area contributed by atoms with E-state index in [4.69, 9.17) is 11.6 Å². The molecule has 5 rings (SSSR count). The molecule has 1 aliphatic rings. The number of thiazole rings is 2. The number of hydrogen-bond donors (Lipinski definition) is 2. The predicted octanol–water partition coefficient (Wildman–Crippen LogP) is 5.64. The molecule has 2 heterocycles. The van der Waals surface area contributed by atoms with Gasteiger partial charge in [0.05, 0.1) is 21.8 Å². The Bertz CT molecular complexity index is 1310. The molecule has 0 fully saturated rings. The summed E-state index contributed by atoms with van der Waals surface area (Å²) in [6.07, 6.45) is 1.47. The zero-order valence-electron chi connectivity index (χ0n) is 16.4. The highest BCUT2D eigenvalue weighted by atomic mass is 35.5. The molecule has 2 aromatic carbocycles. The summed E-state index contributed by atoms with van der Waals surface area (Å²) in [5, 5.41) is 7.44. The third-order valence-corrected chi connectivity index (χ3v) is 7.45. The molecule has 0 bridgehead atoms. The van der Waals surface area contributed by atoms with Crippen molar-refractivity contribution >= 4 is 66.6 Å². The standard InChI is InChI=1S/C22H17ClN4O2S2/c1-11-3-2-4-15-17(11)24-21(30-15)27-20(29)14-9-10-16-18(14)25-22(31-16)26-19(28)12-5-7-13(23)8-6-12/h2-8,14H,9-10H2,1H3,(H,24,27,29)(H,25,26,28). The van der Waals surface area contributed by atoms with Crippen LogP contribution in [-0.2, 0) is 11.2 Å². The Kier molecular flexibility index (Phi) is 5.21. The minimum atomic E-state index is -0.347. The van der Waals surface area contributed by atoms with Crippen LogP contribution in [0, 0.1) is 6.92 Å². The van der Waals surface area contributed by atoms with E-state index in [0.29, 0.717) is 27.3 Å². The minimum absolute atomic E-state index is 0.115. The van der Waals surface area contributed by atoms with Crippen molar-refractivity contribution in [3.63, 3.8) is 0 Å². The third-order valence-electron chi connectivity index (χ3n) is 5.21. The Labute approximate surface area is 191 Å². The Hall–Kier alpha value is -2.81. The normalized spacial score (nSPS) is 15.1. The predicted molar refractivity (Wildman–Crippen MR) is 126 cm³/mol. The van der Waals surface area contributed by atoms with E-state index in [-0.39, 0.29) is 17.7 Å². The molecule has 0 spiro atoms. The number of aromatic nitrogens is 2. The van der Waals surface area contributed by atoms with Gasteiger partial charge in [-0.05, 0) is 55.7 Å². The molecule has 2 N–H and O–H groups in total. The van der Waals surface area contributed by atoms with E-state index in [1.54, 1.807) is 24.3 Å². The molecular formula is C22H17ClN4O2S2. The van der Waals surface area contributed by atoms with Crippen LogP contribution in [0.25, 0.3) is 10.2 Å². The minimum Gasteiger partial charge on any atom is -0.301 e. The number of rotatable bonds is 4. The molecule has 0 saturated carbocycles. The van der Waals surface area contributed by atoms with Crippen LogP contribution in [-0.4, -0.2) is 21.8 Å². The first-order valence-corrected chi connectivity index (χ1v) is 11.7. The lowest BCUT2D eigenvalue weighted by molar-refractivity contribution is -0.117. The van der Waals surface area contributed by atoms with Gasteiger partial charge in [0.2, 0.25) is 5.91 Å².